The molecule has 1 aromatic carbocycles. The standard InChI is InChI=1S/C9H8F3/c10-7-9(11,12)6-8-4-2-1-3-5-8/h1-4H,6-7H2. The fourth-order valence-electron chi connectivity index (χ4n) is 0.866. The molecule has 0 heterocycles. The van der Waals surface area contributed by atoms with Gasteiger partial charge in [-0.1, -0.05) is 24.3 Å². The molecule has 0 fully saturated rings. The van der Waals surface area contributed by atoms with Gasteiger partial charge < -0.3 is 0 Å². The third kappa shape index (κ3) is 2.57. The molecule has 12 heavy (non-hydrogen) atoms. The Labute approximate surface area is 69.0 Å². The van der Waals surface area contributed by atoms with Crippen molar-refractivity contribution in [2.45, 2.75) is 12.3 Å². The maximum absolute atomic E-state index is 12.4. The van der Waals surface area contributed by atoms with E-state index in [0.717, 1.165) is 0 Å². The Morgan fingerprint density at radius 1 is 1.33 bits per heavy atom. The summed E-state index contributed by atoms with van der Waals surface area (Å²) in [4.78, 5) is 0. The fourth-order valence-corrected chi connectivity index (χ4v) is 0.866. The van der Waals surface area contributed by atoms with Crippen LogP contribution >= 0.6 is 0 Å². The van der Waals surface area contributed by atoms with Crippen LogP contribution in [0.15, 0.2) is 24.3 Å². The average molecular weight is 173 g/mol. The molecule has 0 aliphatic rings. The van der Waals surface area contributed by atoms with Gasteiger partial charge >= 0.3 is 0 Å². The number of hydrogen-bond acceptors (Lipinski definition) is 0. The molecule has 1 rings (SSSR count). The molecule has 0 aliphatic heterocycles. The van der Waals surface area contributed by atoms with E-state index in [2.05, 4.69) is 6.07 Å². The summed E-state index contributed by atoms with van der Waals surface area (Å²) in [6, 6.07) is 8.95. The van der Waals surface area contributed by atoms with Gasteiger partial charge in [-0.2, -0.15) is 0 Å². The van der Waals surface area contributed by atoms with Crippen molar-refractivity contribution in [3.8, 4) is 0 Å². The van der Waals surface area contributed by atoms with Gasteiger partial charge in [-0.15, -0.1) is 0 Å². The first kappa shape index (κ1) is 9.10. The molecule has 0 saturated carbocycles. The molecule has 0 N–H and O–H groups in total. The SMILES string of the molecule is FCC(F)(F)Cc1[c]cccc1. The summed E-state index contributed by atoms with van der Waals surface area (Å²) in [6.07, 6.45) is -0.579. The van der Waals surface area contributed by atoms with Crippen LogP contribution in [-0.2, 0) is 6.42 Å². The Morgan fingerprint density at radius 3 is 2.58 bits per heavy atom. The average Bonchev–Trinajstić information content (AvgIpc) is 2.06. The maximum atomic E-state index is 12.4. The van der Waals surface area contributed by atoms with Crippen molar-refractivity contribution in [1.29, 1.82) is 0 Å². The lowest BCUT2D eigenvalue weighted by molar-refractivity contribution is -0.0217. The highest BCUT2D eigenvalue weighted by Crippen LogP contribution is 2.19. The van der Waals surface area contributed by atoms with E-state index in [4.69, 9.17) is 0 Å². The van der Waals surface area contributed by atoms with Gasteiger partial charge in [0.15, 0.2) is 6.67 Å². The summed E-state index contributed by atoms with van der Waals surface area (Å²) in [5.74, 6) is -3.25. The zero-order chi connectivity index (χ0) is 9.03. The zero-order valence-corrected chi connectivity index (χ0v) is 6.36. The molecule has 0 amide bonds. The molecule has 0 saturated heterocycles. The van der Waals surface area contributed by atoms with Gasteiger partial charge in [0.2, 0.25) is 0 Å². The Bertz CT molecular complexity index is 231. The highest BCUT2D eigenvalue weighted by atomic mass is 19.3. The van der Waals surface area contributed by atoms with Crippen LogP contribution < -0.4 is 0 Å². The summed E-state index contributed by atoms with van der Waals surface area (Å²) in [7, 11) is 0. The van der Waals surface area contributed by atoms with E-state index >= 15 is 0 Å². The zero-order valence-electron chi connectivity index (χ0n) is 6.36. The summed E-state index contributed by atoms with van der Waals surface area (Å²) in [6.45, 7) is -1.62. The lowest BCUT2D eigenvalue weighted by Crippen LogP contribution is -2.21. The van der Waals surface area contributed by atoms with Crippen LogP contribution in [-0.4, -0.2) is 12.6 Å². The second-order valence-corrected chi connectivity index (χ2v) is 2.55. The monoisotopic (exact) mass is 173 g/mol. The minimum atomic E-state index is -3.25. The lowest BCUT2D eigenvalue weighted by Gasteiger charge is -2.10. The van der Waals surface area contributed by atoms with Crippen molar-refractivity contribution in [1.82, 2.24) is 0 Å². The second kappa shape index (κ2) is 3.61. The summed E-state index contributed by atoms with van der Waals surface area (Å²) in [5.41, 5.74) is 0.333. The van der Waals surface area contributed by atoms with E-state index in [1.807, 2.05) is 0 Å². The predicted octanol–water partition coefficient (Wildman–Crippen LogP) is 2.63. The van der Waals surface area contributed by atoms with Crippen LogP contribution in [0, 0.1) is 6.07 Å². The van der Waals surface area contributed by atoms with Crippen molar-refractivity contribution in [3.63, 3.8) is 0 Å². The van der Waals surface area contributed by atoms with Gasteiger partial charge in [0.05, 0.1) is 0 Å². The van der Waals surface area contributed by atoms with E-state index in [1.165, 1.54) is 12.1 Å². The van der Waals surface area contributed by atoms with E-state index in [1.54, 1.807) is 12.1 Å². The molecule has 65 valence electrons. The smallest absolute Gasteiger partial charge is 0.244 e. The number of hydrogen-bond donors (Lipinski definition) is 0. The molecule has 0 aromatic heterocycles. The third-order valence-electron chi connectivity index (χ3n) is 1.42. The molecule has 0 unspecified atom stereocenters. The molecule has 0 bridgehead atoms. The number of alkyl halides is 3. The Kier molecular flexibility index (Phi) is 2.74. The molecule has 1 radical (unpaired) electrons. The van der Waals surface area contributed by atoms with E-state index in [9.17, 15) is 13.2 Å². The van der Waals surface area contributed by atoms with Crippen LogP contribution in [0.1, 0.15) is 5.56 Å². The number of halogens is 3. The Balaban J connectivity index is 2.64. The van der Waals surface area contributed by atoms with Crippen LogP contribution in [0.3, 0.4) is 0 Å². The van der Waals surface area contributed by atoms with Crippen LogP contribution in [0.2, 0.25) is 0 Å². The normalized spacial score (nSPS) is 11.6. The first-order chi connectivity index (χ1) is 5.64. The molecular weight excluding hydrogens is 165 g/mol. The molecule has 0 atom stereocenters. The van der Waals surface area contributed by atoms with E-state index in [0.29, 0.717) is 5.56 Å². The minimum absolute atomic E-state index is 0.333. The second-order valence-electron chi connectivity index (χ2n) is 2.55. The molecule has 0 nitrogen and oxygen atoms in total. The fraction of sp³-hybridized carbons (Fsp3) is 0.333. The molecule has 0 spiro atoms. The Morgan fingerprint density at radius 2 is 2.08 bits per heavy atom. The van der Waals surface area contributed by atoms with Crippen molar-refractivity contribution < 1.29 is 13.2 Å². The van der Waals surface area contributed by atoms with E-state index in [-0.39, 0.29) is 0 Å². The highest BCUT2D eigenvalue weighted by Gasteiger charge is 2.28. The predicted molar refractivity (Wildman–Crippen MR) is 39.9 cm³/mol. The van der Waals surface area contributed by atoms with Gasteiger partial charge in [0.1, 0.15) is 0 Å². The molecular formula is C9H8F3. The summed E-state index contributed by atoms with van der Waals surface area (Å²) < 4.78 is 36.6. The third-order valence-corrected chi connectivity index (χ3v) is 1.42. The van der Waals surface area contributed by atoms with Gasteiger partial charge in [-0.05, 0) is 11.6 Å². The largest absolute Gasteiger partial charge is 0.279 e. The van der Waals surface area contributed by atoms with Gasteiger partial charge in [0, 0.05) is 6.42 Å². The quantitative estimate of drug-likeness (QED) is 0.659. The first-order valence-electron chi connectivity index (χ1n) is 3.53. The first-order valence-corrected chi connectivity index (χ1v) is 3.53. The van der Waals surface area contributed by atoms with Crippen molar-refractivity contribution >= 4 is 0 Å². The Hall–Kier alpha value is -0.990. The minimum Gasteiger partial charge on any atom is -0.244 e. The number of rotatable bonds is 3. The topological polar surface area (TPSA) is 0 Å². The van der Waals surface area contributed by atoms with Gasteiger partial charge in [-0.25, -0.2) is 13.2 Å². The van der Waals surface area contributed by atoms with Crippen LogP contribution in [0.4, 0.5) is 13.2 Å². The molecule has 1 aromatic rings. The summed E-state index contributed by atoms with van der Waals surface area (Å²) in [5, 5.41) is 0. The van der Waals surface area contributed by atoms with Crippen molar-refractivity contribution in [2.75, 3.05) is 6.67 Å². The van der Waals surface area contributed by atoms with Crippen molar-refractivity contribution in [3.05, 3.63) is 35.9 Å². The summed E-state index contributed by atoms with van der Waals surface area (Å²) >= 11 is 0. The maximum Gasteiger partial charge on any atom is 0.279 e. The van der Waals surface area contributed by atoms with Gasteiger partial charge in [-0.3, -0.25) is 0 Å². The van der Waals surface area contributed by atoms with Crippen molar-refractivity contribution in [2.24, 2.45) is 0 Å². The van der Waals surface area contributed by atoms with Crippen LogP contribution in [0.25, 0.3) is 0 Å². The van der Waals surface area contributed by atoms with Gasteiger partial charge in [0.25, 0.3) is 5.92 Å². The van der Waals surface area contributed by atoms with Crippen LogP contribution in [0.5, 0.6) is 0 Å². The molecule has 0 aliphatic carbocycles. The van der Waals surface area contributed by atoms with E-state index < -0.39 is 19.0 Å². The highest BCUT2D eigenvalue weighted by molar-refractivity contribution is 5.14. The lowest BCUT2D eigenvalue weighted by atomic mass is 10.1. The number of benzene rings is 1. The molecule has 3 heteroatoms.